The fraction of sp³-hybridized carbons (Fsp3) is 0.250. The second kappa shape index (κ2) is 5.10. The van der Waals surface area contributed by atoms with Gasteiger partial charge in [-0.25, -0.2) is 8.78 Å². The molecule has 0 aliphatic carbocycles. The monoisotopic (exact) mass is 262 g/mol. The number of aliphatic hydroxyl groups excluding tert-OH is 1. The van der Waals surface area contributed by atoms with Crippen molar-refractivity contribution in [2.45, 2.75) is 26.9 Å². The van der Waals surface area contributed by atoms with Gasteiger partial charge in [-0.1, -0.05) is 12.1 Å². The van der Waals surface area contributed by atoms with Gasteiger partial charge in [-0.2, -0.15) is 0 Å². The highest BCUT2D eigenvalue weighted by Gasteiger charge is 2.20. The highest BCUT2D eigenvalue weighted by Crippen LogP contribution is 2.30. The maximum Gasteiger partial charge on any atom is 0.129 e. The van der Waals surface area contributed by atoms with Gasteiger partial charge in [-0.3, -0.25) is 0 Å². The van der Waals surface area contributed by atoms with Gasteiger partial charge >= 0.3 is 0 Å². The first-order valence-corrected chi connectivity index (χ1v) is 6.11. The molecule has 3 heteroatoms. The van der Waals surface area contributed by atoms with E-state index in [9.17, 15) is 13.9 Å². The highest BCUT2D eigenvalue weighted by molar-refractivity contribution is 5.41. The van der Waals surface area contributed by atoms with Gasteiger partial charge in [0.2, 0.25) is 0 Å². The van der Waals surface area contributed by atoms with Crippen molar-refractivity contribution < 1.29 is 13.9 Å². The van der Waals surface area contributed by atoms with Crippen molar-refractivity contribution in [1.82, 2.24) is 0 Å². The van der Waals surface area contributed by atoms with E-state index in [4.69, 9.17) is 0 Å². The van der Waals surface area contributed by atoms with Crippen molar-refractivity contribution in [3.05, 3.63) is 69.8 Å². The van der Waals surface area contributed by atoms with Crippen LogP contribution in [0.25, 0.3) is 0 Å². The van der Waals surface area contributed by atoms with Crippen LogP contribution in [-0.4, -0.2) is 5.11 Å². The number of hydrogen-bond acceptors (Lipinski definition) is 1. The minimum atomic E-state index is -1.16. The quantitative estimate of drug-likeness (QED) is 0.868. The van der Waals surface area contributed by atoms with Crippen LogP contribution in [0.2, 0.25) is 0 Å². The van der Waals surface area contributed by atoms with Gasteiger partial charge in [0.25, 0.3) is 0 Å². The minimum Gasteiger partial charge on any atom is -0.384 e. The zero-order chi connectivity index (χ0) is 14.2. The molecule has 0 aliphatic rings. The topological polar surface area (TPSA) is 20.2 Å². The molecule has 0 fully saturated rings. The predicted octanol–water partition coefficient (Wildman–Crippen LogP) is 3.97. The van der Waals surface area contributed by atoms with Crippen LogP contribution in [0.3, 0.4) is 0 Å². The van der Waals surface area contributed by atoms with Crippen LogP contribution >= 0.6 is 0 Å². The molecule has 19 heavy (non-hydrogen) atoms. The lowest BCUT2D eigenvalue weighted by molar-refractivity contribution is 0.213. The lowest BCUT2D eigenvalue weighted by atomic mass is 9.93. The second-order valence-corrected chi connectivity index (χ2v) is 4.88. The lowest BCUT2D eigenvalue weighted by Crippen LogP contribution is -2.07. The third-order valence-electron chi connectivity index (χ3n) is 3.29. The summed E-state index contributed by atoms with van der Waals surface area (Å²) in [5.41, 5.74) is 2.79. The molecule has 0 aliphatic heterocycles. The molecule has 1 unspecified atom stereocenters. The van der Waals surface area contributed by atoms with E-state index in [0.29, 0.717) is 11.1 Å². The molecule has 2 aromatic carbocycles. The number of hydrogen-bond donors (Lipinski definition) is 1. The summed E-state index contributed by atoms with van der Waals surface area (Å²) < 4.78 is 27.3. The van der Waals surface area contributed by atoms with Gasteiger partial charge in [0.15, 0.2) is 0 Å². The van der Waals surface area contributed by atoms with Gasteiger partial charge in [-0.05, 0) is 61.2 Å². The Balaban J connectivity index is 2.56. The van der Waals surface area contributed by atoms with E-state index in [0.717, 1.165) is 11.1 Å². The first kappa shape index (κ1) is 13.7. The van der Waals surface area contributed by atoms with Crippen LogP contribution in [0.1, 0.15) is 33.9 Å². The average Bonchev–Trinajstić information content (AvgIpc) is 2.30. The van der Waals surface area contributed by atoms with Crippen molar-refractivity contribution in [1.29, 1.82) is 0 Å². The maximum atomic E-state index is 14.0. The summed E-state index contributed by atoms with van der Waals surface area (Å²) in [5.74, 6) is -0.904. The van der Waals surface area contributed by atoms with Crippen LogP contribution in [0.4, 0.5) is 8.78 Å². The smallest absolute Gasteiger partial charge is 0.129 e. The highest BCUT2D eigenvalue weighted by atomic mass is 19.1. The SMILES string of the molecule is Cc1cc(C)c(C(O)c2cc(F)ccc2C)c(F)c1. The Morgan fingerprint density at radius 3 is 2.26 bits per heavy atom. The standard InChI is InChI=1S/C16H16F2O/c1-9-6-11(3)15(14(18)7-9)16(19)13-8-12(17)5-4-10(13)2/h4-8,16,19H,1-3H3. The molecule has 0 saturated heterocycles. The molecule has 0 bridgehead atoms. The summed E-state index contributed by atoms with van der Waals surface area (Å²) in [6.45, 7) is 5.29. The zero-order valence-corrected chi connectivity index (χ0v) is 11.2. The van der Waals surface area contributed by atoms with Crippen molar-refractivity contribution in [3.63, 3.8) is 0 Å². The second-order valence-electron chi connectivity index (χ2n) is 4.88. The Bertz CT molecular complexity index is 597. The summed E-state index contributed by atoms with van der Waals surface area (Å²) in [4.78, 5) is 0. The third kappa shape index (κ3) is 2.66. The number of benzene rings is 2. The van der Waals surface area contributed by atoms with Crippen molar-refractivity contribution in [2.24, 2.45) is 0 Å². The largest absolute Gasteiger partial charge is 0.384 e. The van der Waals surface area contributed by atoms with E-state index in [1.165, 1.54) is 18.2 Å². The molecule has 1 N–H and O–H groups in total. The molecule has 0 heterocycles. The fourth-order valence-electron chi connectivity index (χ4n) is 2.33. The number of aryl methyl sites for hydroxylation is 3. The molecular formula is C16H16F2O. The molecular weight excluding hydrogens is 246 g/mol. The van der Waals surface area contributed by atoms with E-state index in [-0.39, 0.29) is 5.56 Å². The Hall–Kier alpha value is -1.74. The molecule has 0 aromatic heterocycles. The third-order valence-corrected chi connectivity index (χ3v) is 3.29. The zero-order valence-electron chi connectivity index (χ0n) is 11.2. The summed E-state index contributed by atoms with van der Waals surface area (Å²) >= 11 is 0. The van der Waals surface area contributed by atoms with E-state index in [1.807, 2.05) is 0 Å². The Labute approximate surface area is 111 Å². The molecule has 1 atom stereocenters. The van der Waals surface area contributed by atoms with E-state index >= 15 is 0 Å². The van der Waals surface area contributed by atoms with Crippen LogP contribution in [-0.2, 0) is 0 Å². The molecule has 1 nitrogen and oxygen atoms in total. The van der Waals surface area contributed by atoms with Crippen molar-refractivity contribution in [2.75, 3.05) is 0 Å². The van der Waals surface area contributed by atoms with Crippen LogP contribution < -0.4 is 0 Å². The predicted molar refractivity (Wildman–Crippen MR) is 71.1 cm³/mol. The summed E-state index contributed by atoms with van der Waals surface area (Å²) in [7, 11) is 0. The minimum absolute atomic E-state index is 0.208. The normalized spacial score (nSPS) is 12.5. The van der Waals surface area contributed by atoms with Crippen molar-refractivity contribution in [3.8, 4) is 0 Å². The fourth-order valence-corrected chi connectivity index (χ4v) is 2.33. The summed E-state index contributed by atoms with van der Waals surface area (Å²) in [6, 6.07) is 7.33. The molecule has 0 amide bonds. The number of rotatable bonds is 2. The first-order valence-electron chi connectivity index (χ1n) is 6.11. The first-order chi connectivity index (χ1) is 8.90. The number of aliphatic hydroxyl groups is 1. The molecule has 2 rings (SSSR count). The Morgan fingerprint density at radius 2 is 1.63 bits per heavy atom. The molecule has 2 aromatic rings. The average molecular weight is 262 g/mol. The van der Waals surface area contributed by atoms with Gasteiger partial charge in [-0.15, -0.1) is 0 Å². The van der Waals surface area contributed by atoms with Gasteiger partial charge in [0, 0.05) is 5.56 Å². The summed E-state index contributed by atoms with van der Waals surface area (Å²) in [5, 5.41) is 10.3. The Morgan fingerprint density at radius 1 is 0.947 bits per heavy atom. The van der Waals surface area contributed by atoms with Gasteiger partial charge in [0.1, 0.15) is 17.7 Å². The molecule has 0 radical (unpaired) electrons. The van der Waals surface area contributed by atoms with Gasteiger partial charge in [0.05, 0.1) is 0 Å². The summed E-state index contributed by atoms with van der Waals surface area (Å²) in [6.07, 6.45) is -1.16. The molecule has 100 valence electrons. The number of halogens is 2. The maximum absolute atomic E-state index is 14.0. The van der Waals surface area contributed by atoms with E-state index in [1.54, 1.807) is 32.9 Å². The lowest BCUT2D eigenvalue weighted by Gasteiger charge is -2.18. The molecule has 0 saturated carbocycles. The van der Waals surface area contributed by atoms with Crippen LogP contribution in [0.15, 0.2) is 30.3 Å². The Kier molecular flexibility index (Phi) is 3.67. The van der Waals surface area contributed by atoms with E-state index < -0.39 is 17.7 Å². The van der Waals surface area contributed by atoms with Crippen LogP contribution in [0, 0.1) is 32.4 Å². The molecule has 0 spiro atoms. The van der Waals surface area contributed by atoms with Crippen LogP contribution in [0.5, 0.6) is 0 Å². The van der Waals surface area contributed by atoms with Crippen molar-refractivity contribution >= 4 is 0 Å². The van der Waals surface area contributed by atoms with E-state index in [2.05, 4.69) is 0 Å². The van der Waals surface area contributed by atoms with Gasteiger partial charge < -0.3 is 5.11 Å².